The average molecular weight is 359 g/mol. The Balaban J connectivity index is 1.70. The number of benzene rings is 2. The molecule has 1 heterocycles. The molecule has 0 fully saturated rings. The van der Waals surface area contributed by atoms with E-state index in [1.54, 1.807) is 29.9 Å². The van der Waals surface area contributed by atoms with Crippen molar-refractivity contribution in [3.8, 4) is 5.69 Å². The number of amides is 1. The Bertz CT molecular complexity index is 917. The van der Waals surface area contributed by atoms with E-state index in [0.29, 0.717) is 16.9 Å². The molecule has 2 aromatic carbocycles. The number of halogens is 3. The van der Waals surface area contributed by atoms with Gasteiger partial charge in [0.15, 0.2) is 5.82 Å². The molecule has 0 aliphatic carbocycles. The second kappa shape index (κ2) is 7.03. The zero-order valence-corrected chi connectivity index (χ0v) is 13.9. The minimum absolute atomic E-state index is 0.164. The largest absolute Gasteiger partial charge is 0.416 e. The fraction of sp³-hybridized carbons (Fsp3) is 0.158. The van der Waals surface area contributed by atoms with Gasteiger partial charge in [0, 0.05) is 12.3 Å². The van der Waals surface area contributed by atoms with Gasteiger partial charge in [-0.2, -0.15) is 18.3 Å². The number of hydrogen-bond donors (Lipinski definition) is 1. The number of nitrogens with zero attached hydrogens (tertiary/aromatic N) is 2. The number of alkyl halides is 3. The molecule has 0 aliphatic heterocycles. The molecule has 0 bridgehead atoms. The molecule has 26 heavy (non-hydrogen) atoms. The molecule has 1 amide bonds. The summed E-state index contributed by atoms with van der Waals surface area (Å²) < 4.78 is 40.2. The van der Waals surface area contributed by atoms with Crippen molar-refractivity contribution in [2.24, 2.45) is 0 Å². The summed E-state index contributed by atoms with van der Waals surface area (Å²) in [6, 6.07) is 14.6. The van der Waals surface area contributed by atoms with Crippen LogP contribution < -0.4 is 5.32 Å². The number of carbonyl (C=O) groups excluding carboxylic acids is 1. The molecule has 0 saturated heterocycles. The molecule has 0 unspecified atom stereocenters. The Morgan fingerprint density at radius 1 is 1.12 bits per heavy atom. The molecule has 0 spiro atoms. The van der Waals surface area contributed by atoms with Crippen molar-refractivity contribution in [3.63, 3.8) is 0 Å². The van der Waals surface area contributed by atoms with E-state index >= 15 is 0 Å². The highest BCUT2D eigenvalue weighted by atomic mass is 19.4. The fourth-order valence-electron chi connectivity index (χ4n) is 2.62. The van der Waals surface area contributed by atoms with E-state index in [1.165, 1.54) is 0 Å². The third-order valence-electron chi connectivity index (χ3n) is 3.71. The standard InChI is InChI=1S/C19H16F3N3O/c1-13-9-14(11-15(10-13)19(20,21)22)12-18(26)23-17-7-8-25(24-17)16-5-3-2-4-6-16/h2-11H,12H2,1H3,(H,23,24,26). The van der Waals surface area contributed by atoms with Crippen LogP contribution in [0.2, 0.25) is 0 Å². The Kier molecular flexibility index (Phi) is 4.79. The van der Waals surface area contributed by atoms with Crippen LogP contribution in [-0.2, 0) is 17.4 Å². The Morgan fingerprint density at radius 3 is 2.54 bits per heavy atom. The zero-order valence-electron chi connectivity index (χ0n) is 13.9. The van der Waals surface area contributed by atoms with Crippen molar-refractivity contribution >= 4 is 11.7 Å². The molecular formula is C19H16F3N3O. The van der Waals surface area contributed by atoms with Crippen LogP contribution in [0.4, 0.5) is 19.0 Å². The van der Waals surface area contributed by atoms with Gasteiger partial charge in [0.2, 0.25) is 5.91 Å². The lowest BCUT2D eigenvalue weighted by Crippen LogP contribution is -2.16. The number of carbonyl (C=O) groups is 1. The van der Waals surface area contributed by atoms with E-state index in [-0.39, 0.29) is 6.42 Å². The summed E-state index contributed by atoms with van der Waals surface area (Å²) in [6.45, 7) is 1.57. The van der Waals surface area contributed by atoms with Gasteiger partial charge in [-0.1, -0.05) is 29.8 Å². The van der Waals surface area contributed by atoms with Gasteiger partial charge in [-0.25, -0.2) is 4.68 Å². The maximum Gasteiger partial charge on any atom is 0.416 e. The number of aromatic nitrogens is 2. The quantitative estimate of drug-likeness (QED) is 0.751. The van der Waals surface area contributed by atoms with E-state index < -0.39 is 17.6 Å². The monoisotopic (exact) mass is 359 g/mol. The number of rotatable bonds is 4. The predicted molar refractivity (Wildman–Crippen MR) is 92.1 cm³/mol. The Hall–Kier alpha value is -3.09. The van der Waals surface area contributed by atoms with Crippen LogP contribution in [0.5, 0.6) is 0 Å². The number of hydrogen-bond acceptors (Lipinski definition) is 2. The van der Waals surface area contributed by atoms with Crippen LogP contribution in [0, 0.1) is 6.92 Å². The van der Waals surface area contributed by atoms with E-state index in [9.17, 15) is 18.0 Å². The molecule has 1 aromatic heterocycles. The lowest BCUT2D eigenvalue weighted by molar-refractivity contribution is -0.137. The van der Waals surface area contributed by atoms with Crippen molar-refractivity contribution in [3.05, 3.63) is 77.5 Å². The van der Waals surface area contributed by atoms with Gasteiger partial charge >= 0.3 is 6.18 Å². The summed E-state index contributed by atoms with van der Waals surface area (Å²) in [6.07, 6.45) is -2.91. The minimum atomic E-state index is -4.44. The van der Waals surface area contributed by atoms with Gasteiger partial charge in [0.25, 0.3) is 0 Å². The SMILES string of the molecule is Cc1cc(CC(=O)Nc2ccn(-c3ccccc3)n2)cc(C(F)(F)F)c1. The Morgan fingerprint density at radius 2 is 1.85 bits per heavy atom. The number of aryl methyl sites for hydroxylation is 1. The van der Waals surface area contributed by atoms with Crippen LogP contribution in [0.1, 0.15) is 16.7 Å². The molecule has 0 aliphatic rings. The van der Waals surface area contributed by atoms with Crippen molar-refractivity contribution < 1.29 is 18.0 Å². The molecular weight excluding hydrogens is 343 g/mol. The molecule has 134 valence electrons. The third-order valence-corrected chi connectivity index (χ3v) is 3.71. The molecule has 3 rings (SSSR count). The summed E-state index contributed by atoms with van der Waals surface area (Å²) in [5.74, 6) is -0.0930. The lowest BCUT2D eigenvalue weighted by atomic mass is 10.0. The molecule has 1 N–H and O–H groups in total. The second-order valence-corrected chi connectivity index (χ2v) is 5.91. The van der Waals surface area contributed by atoms with Gasteiger partial charge in [-0.15, -0.1) is 0 Å². The summed E-state index contributed by atoms with van der Waals surface area (Å²) in [5, 5.41) is 6.85. The summed E-state index contributed by atoms with van der Waals surface area (Å²) in [4.78, 5) is 12.2. The van der Waals surface area contributed by atoms with Crippen LogP contribution in [0.25, 0.3) is 5.69 Å². The normalized spacial score (nSPS) is 11.4. The number of anilines is 1. The van der Waals surface area contributed by atoms with Crippen LogP contribution >= 0.6 is 0 Å². The van der Waals surface area contributed by atoms with Gasteiger partial charge in [-0.05, 0) is 36.8 Å². The van der Waals surface area contributed by atoms with Gasteiger partial charge in [0.1, 0.15) is 0 Å². The highest BCUT2D eigenvalue weighted by molar-refractivity contribution is 5.91. The van der Waals surface area contributed by atoms with Gasteiger partial charge in [0.05, 0.1) is 17.7 Å². The van der Waals surface area contributed by atoms with E-state index in [2.05, 4.69) is 10.4 Å². The van der Waals surface area contributed by atoms with Crippen molar-refractivity contribution in [2.45, 2.75) is 19.5 Å². The first-order chi connectivity index (χ1) is 12.3. The number of para-hydroxylation sites is 1. The maximum atomic E-state index is 12.9. The first kappa shape index (κ1) is 17.7. The maximum absolute atomic E-state index is 12.9. The van der Waals surface area contributed by atoms with Crippen molar-refractivity contribution in [1.29, 1.82) is 0 Å². The van der Waals surface area contributed by atoms with E-state index in [0.717, 1.165) is 17.8 Å². The first-order valence-corrected chi connectivity index (χ1v) is 7.90. The van der Waals surface area contributed by atoms with E-state index in [4.69, 9.17) is 0 Å². The number of nitrogens with one attached hydrogen (secondary N) is 1. The Labute approximate surface area is 148 Å². The lowest BCUT2D eigenvalue weighted by Gasteiger charge is -2.10. The summed E-state index contributed by atoms with van der Waals surface area (Å²) >= 11 is 0. The molecule has 0 atom stereocenters. The fourth-order valence-corrected chi connectivity index (χ4v) is 2.62. The van der Waals surface area contributed by atoms with Crippen molar-refractivity contribution in [2.75, 3.05) is 5.32 Å². The third kappa shape index (κ3) is 4.30. The highest BCUT2D eigenvalue weighted by Gasteiger charge is 2.31. The first-order valence-electron chi connectivity index (χ1n) is 7.90. The summed E-state index contributed by atoms with van der Waals surface area (Å²) in [7, 11) is 0. The van der Waals surface area contributed by atoms with Crippen LogP contribution in [-0.4, -0.2) is 15.7 Å². The molecule has 0 radical (unpaired) electrons. The predicted octanol–water partition coefficient (Wildman–Crippen LogP) is 4.38. The average Bonchev–Trinajstić information content (AvgIpc) is 3.02. The van der Waals surface area contributed by atoms with Crippen LogP contribution in [0.3, 0.4) is 0 Å². The molecule has 7 heteroatoms. The summed E-state index contributed by atoms with van der Waals surface area (Å²) in [5.41, 5.74) is 0.837. The van der Waals surface area contributed by atoms with Gasteiger partial charge in [-0.3, -0.25) is 4.79 Å². The topological polar surface area (TPSA) is 46.9 Å². The second-order valence-electron chi connectivity index (χ2n) is 5.91. The van der Waals surface area contributed by atoms with E-state index in [1.807, 2.05) is 30.3 Å². The highest BCUT2D eigenvalue weighted by Crippen LogP contribution is 2.30. The minimum Gasteiger partial charge on any atom is -0.309 e. The van der Waals surface area contributed by atoms with Crippen LogP contribution in [0.15, 0.2) is 60.8 Å². The molecule has 4 nitrogen and oxygen atoms in total. The smallest absolute Gasteiger partial charge is 0.309 e. The molecule has 0 saturated carbocycles. The molecule has 3 aromatic rings. The zero-order chi connectivity index (χ0) is 18.7. The van der Waals surface area contributed by atoms with Gasteiger partial charge < -0.3 is 5.32 Å². The van der Waals surface area contributed by atoms with Crippen molar-refractivity contribution in [1.82, 2.24) is 9.78 Å².